The smallest absolute Gasteiger partial charge is 0.192 e. The third kappa shape index (κ3) is 4.25. The maximum Gasteiger partial charge on any atom is 0.192 e. The normalized spacial score (nSPS) is 28.6. The van der Waals surface area contributed by atoms with Crippen molar-refractivity contribution in [1.82, 2.24) is 0 Å². The molecule has 6 heteroatoms. The van der Waals surface area contributed by atoms with Gasteiger partial charge in [0.05, 0.1) is 13.2 Å². The van der Waals surface area contributed by atoms with Crippen LogP contribution >= 0.6 is 0 Å². The molecule has 0 aromatic carbocycles. The third-order valence-electron chi connectivity index (χ3n) is 4.20. The van der Waals surface area contributed by atoms with Crippen molar-refractivity contribution in [2.45, 2.75) is 76.8 Å². The van der Waals surface area contributed by atoms with E-state index in [-0.39, 0.29) is 18.3 Å². The Morgan fingerprint density at radius 3 is 2.25 bits per heavy atom. The van der Waals surface area contributed by atoms with Crippen molar-refractivity contribution in [1.29, 1.82) is 0 Å². The molecule has 0 bridgehead atoms. The lowest BCUT2D eigenvalue weighted by Gasteiger charge is -2.37. The lowest BCUT2D eigenvalue weighted by atomic mass is 10.1. The first-order valence-electron chi connectivity index (χ1n) is 7.18. The van der Waals surface area contributed by atoms with E-state index in [4.69, 9.17) is 13.9 Å². The molecule has 0 aromatic heterocycles. The Hall–Kier alpha value is 0.0169. The molecule has 0 aromatic rings. The van der Waals surface area contributed by atoms with Crippen molar-refractivity contribution in [3.05, 3.63) is 0 Å². The summed E-state index contributed by atoms with van der Waals surface area (Å²) in [6.07, 6.45) is -1.87. The maximum atomic E-state index is 10.3. The summed E-state index contributed by atoms with van der Waals surface area (Å²) in [5.74, 6) is -0.782. The van der Waals surface area contributed by atoms with Gasteiger partial charge < -0.3 is 24.1 Å². The second-order valence-corrected chi connectivity index (χ2v) is 12.3. The van der Waals surface area contributed by atoms with Gasteiger partial charge in [0.25, 0.3) is 0 Å². The standard InChI is InChI=1S/C14H30O5Si/c1-13(2,3)20(6,7)17-9-10(16)12-11(8-15)18-14(4,5)19-12/h10-12,15-16H,8-9H2,1-7H3/t10-,11-,12+/m0/s1. The van der Waals surface area contributed by atoms with Crippen LogP contribution in [0.25, 0.3) is 0 Å². The molecule has 1 fully saturated rings. The molecule has 1 heterocycles. The van der Waals surface area contributed by atoms with Gasteiger partial charge in [0.2, 0.25) is 0 Å². The van der Waals surface area contributed by atoms with Crippen LogP contribution in [0, 0.1) is 0 Å². The minimum atomic E-state index is -1.91. The fraction of sp³-hybridized carbons (Fsp3) is 1.00. The van der Waals surface area contributed by atoms with Crippen molar-refractivity contribution in [3.63, 3.8) is 0 Å². The zero-order valence-electron chi connectivity index (χ0n) is 13.8. The van der Waals surface area contributed by atoms with Gasteiger partial charge in [-0.05, 0) is 32.0 Å². The summed E-state index contributed by atoms with van der Waals surface area (Å²) in [6.45, 7) is 14.3. The van der Waals surface area contributed by atoms with E-state index in [9.17, 15) is 10.2 Å². The average Bonchev–Trinajstić information content (AvgIpc) is 2.60. The van der Waals surface area contributed by atoms with Gasteiger partial charge in [-0.3, -0.25) is 0 Å². The highest BCUT2D eigenvalue weighted by molar-refractivity contribution is 6.74. The molecule has 5 nitrogen and oxygen atoms in total. The van der Waals surface area contributed by atoms with Gasteiger partial charge in [-0.15, -0.1) is 0 Å². The first-order valence-corrected chi connectivity index (χ1v) is 10.1. The van der Waals surface area contributed by atoms with Crippen molar-refractivity contribution < 1.29 is 24.1 Å². The fourth-order valence-corrected chi connectivity index (χ4v) is 2.96. The number of ether oxygens (including phenoxy) is 2. The Morgan fingerprint density at radius 1 is 1.25 bits per heavy atom. The van der Waals surface area contributed by atoms with Gasteiger partial charge in [0.15, 0.2) is 14.1 Å². The lowest BCUT2D eigenvalue weighted by Crippen LogP contribution is -2.46. The van der Waals surface area contributed by atoms with Crippen LogP contribution in [-0.4, -0.2) is 55.8 Å². The SMILES string of the molecule is CC1(C)O[C@H]([C@@H](O)CO[Si](C)(C)C(C)(C)C)[C@H](CO)O1. The minimum absolute atomic E-state index is 0.0927. The zero-order valence-corrected chi connectivity index (χ0v) is 14.8. The Balaban J connectivity index is 2.61. The van der Waals surface area contributed by atoms with Crippen molar-refractivity contribution >= 4 is 8.32 Å². The zero-order chi connectivity index (χ0) is 15.8. The predicted molar refractivity (Wildman–Crippen MR) is 80.1 cm³/mol. The van der Waals surface area contributed by atoms with Gasteiger partial charge in [0, 0.05) is 0 Å². The van der Waals surface area contributed by atoms with Gasteiger partial charge in [-0.2, -0.15) is 0 Å². The van der Waals surface area contributed by atoms with Gasteiger partial charge >= 0.3 is 0 Å². The summed E-state index contributed by atoms with van der Waals surface area (Å²) in [7, 11) is -1.91. The maximum absolute atomic E-state index is 10.3. The molecule has 2 N–H and O–H groups in total. The molecule has 120 valence electrons. The minimum Gasteiger partial charge on any atom is -0.414 e. The van der Waals surface area contributed by atoms with Crippen molar-refractivity contribution in [2.75, 3.05) is 13.2 Å². The molecule has 0 aliphatic carbocycles. The number of aliphatic hydroxyl groups is 2. The number of aliphatic hydroxyl groups excluding tert-OH is 2. The van der Waals surface area contributed by atoms with Gasteiger partial charge in [-0.25, -0.2) is 0 Å². The summed E-state index contributed by atoms with van der Waals surface area (Å²) >= 11 is 0. The monoisotopic (exact) mass is 306 g/mol. The lowest BCUT2D eigenvalue weighted by molar-refractivity contribution is -0.158. The quantitative estimate of drug-likeness (QED) is 0.759. The second kappa shape index (κ2) is 6.02. The highest BCUT2D eigenvalue weighted by Gasteiger charge is 2.45. The summed E-state index contributed by atoms with van der Waals surface area (Å²) in [4.78, 5) is 0. The van der Waals surface area contributed by atoms with E-state index in [0.717, 1.165) is 0 Å². The van der Waals surface area contributed by atoms with E-state index in [1.807, 2.05) is 0 Å². The van der Waals surface area contributed by atoms with Crippen LogP contribution in [0.2, 0.25) is 18.1 Å². The van der Waals surface area contributed by atoms with E-state index in [0.29, 0.717) is 0 Å². The molecular weight excluding hydrogens is 276 g/mol. The Morgan fingerprint density at radius 2 is 1.80 bits per heavy atom. The molecule has 0 amide bonds. The highest BCUT2D eigenvalue weighted by atomic mass is 28.4. The Labute approximate surface area is 123 Å². The van der Waals surface area contributed by atoms with Crippen LogP contribution in [0.3, 0.4) is 0 Å². The fourth-order valence-electron chi connectivity index (χ4n) is 1.94. The molecule has 1 aliphatic rings. The summed E-state index contributed by atoms with van der Waals surface area (Å²) in [5, 5.41) is 19.7. The third-order valence-corrected chi connectivity index (χ3v) is 8.70. The van der Waals surface area contributed by atoms with E-state index in [1.54, 1.807) is 13.8 Å². The number of rotatable bonds is 5. The van der Waals surface area contributed by atoms with Crippen LogP contribution in [0.15, 0.2) is 0 Å². The Bertz CT molecular complexity index is 324. The average molecular weight is 306 g/mol. The molecular formula is C14H30O5Si. The molecule has 0 radical (unpaired) electrons. The summed E-state index contributed by atoms with van der Waals surface area (Å²) < 4.78 is 17.2. The highest BCUT2D eigenvalue weighted by Crippen LogP contribution is 2.37. The van der Waals surface area contributed by atoms with Crippen LogP contribution in [0.4, 0.5) is 0 Å². The van der Waals surface area contributed by atoms with Crippen LogP contribution in [0.5, 0.6) is 0 Å². The van der Waals surface area contributed by atoms with Crippen molar-refractivity contribution in [3.8, 4) is 0 Å². The molecule has 1 aliphatic heterocycles. The first-order chi connectivity index (χ1) is 8.89. The van der Waals surface area contributed by atoms with Crippen LogP contribution in [0.1, 0.15) is 34.6 Å². The second-order valence-electron chi connectivity index (χ2n) is 7.46. The summed E-state index contributed by atoms with van der Waals surface area (Å²) in [6, 6.07) is 0. The number of hydrogen-bond acceptors (Lipinski definition) is 5. The van der Waals surface area contributed by atoms with Crippen LogP contribution in [-0.2, 0) is 13.9 Å². The topological polar surface area (TPSA) is 68.2 Å². The molecule has 0 spiro atoms. The molecule has 0 unspecified atom stereocenters. The van der Waals surface area contributed by atoms with E-state index in [1.165, 1.54) is 0 Å². The van der Waals surface area contributed by atoms with Crippen LogP contribution < -0.4 is 0 Å². The van der Waals surface area contributed by atoms with Gasteiger partial charge in [0.1, 0.15) is 18.3 Å². The molecule has 3 atom stereocenters. The largest absolute Gasteiger partial charge is 0.414 e. The molecule has 1 rings (SSSR count). The Kier molecular flexibility index (Phi) is 5.44. The number of hydrogen-bond donors (Lipinski definition) is 2. The van der Waals surface area contributed by atoms with E-state index >= 15 is 0 Å². The molecule has 0 saturated carbocycles. The predicted octanol–water partition coefficient (Wildman–Crippen LogP) is 1.88. The molecule has 20 heavy (non-hydrogen) atoms. The molecule has 1 saturated heterocycles. The summed E-state index contributed by atoms with van der Waals surface area (Å²) in [5.41, 5.74) is 0. The van der Waals surface area contributed by atoms with E-state index in [2.05, 4.69) is 33.9 Å². The first kappa shape index (κ1) is 18.1. The van der Waals surface area contributed by atoms with Crippen molar-refractivity contribution in [2.24, 2.45) is 0 Å². The van der Waals surface area contributed by atoms with Gasteiger partial charge in [-0.1, -0.05) is 20.8 Å². The van der Waals surface area contributed by atoms with E-state index < -0.39 is 32.4 Å².